The highest BCUT2D eigenvalue weighted by molar-refractivity contribution is 9.10. The van der Waals surface area contributed by atoms with Crippen molar-refractivity contribution in [1.82, 2.24) is 4.98 Å². The molecule has 0 aliphatic rings. The van der Waals surface area contributed by atoms with E-state index in [4.69, 9.17) is 11.1 Å². The Bertz CT molecular complexity index is 375. The molecular weight excluding hydrogens is 258 g/mol. The van der Waals surface area contributed by atoms with Crippen molar-refractivity contribution in [3.63, 3.8) is 0 Å². The summed E-state index contributed by atoms with van der Waals surface area (Å²) in [5.41, 5.74) is 5.87. The highest BCUT2D eigenvalue weighted by atomic mass is 79.9. The molecule has 1 atom stereocenters. The van der Waals surface area contributed by atoms with Crippen molar-refractivity contribution in [2.75, 3.05) is 0 Å². The first-order chi connectivity index (χ1) is 7.06. The third-order valence-electron chi connectivity index (χ3n) is 2.10. The number of rotatable bonds is 4. The van der Waals surface area contributed by atoms with Gasteiger partial charge in [0.25, 0.3) is 0 Å². The first-order valence-corrected chi connectivity index (χ1v) is 5.35. The summed E-state index contributed by atoms with van der Waals surface area (Å²) in [6.07, 6.45) is 2.11. The number of pyridine rings is 1. The maximum atomic E-state index is 11.1. The van der Waals surface area contributed by atoms with E-state index in [1.807, 2.05) is 6.92 Å². The van der Waals surface area contributed by atoms with Crippen LogP contribution in [-0.4, -0.2) is 16.6 Å². The van der Waals surface area contributed by atoms with Gasteiger partial charge >= 0.3 is 0 Å². The van der Waals surface area contributed by atoms with Gasteiger partial charge in [-0.05, 0) is 34.5 Å². The number of halogens is 1. The van der Waals surface area contributed by atoms with Crippen molar-refractivity contribution in [1.29, 1.82) is 5.41 Å². The van der Waals surface area contributed by atoms with Crippen LogP contribution in [0, 0.1) is 11.3 Å². The minimum Gasteiger partial charge on any atom is -0.369 e. The molecule has 0 aliphatic heterocycles. The van der Waals surface area contributed by atoms with Gasteiger partial charge in [-0.2, -0.15) is 0 Å². The van der Waals surface area contributed by atoms with E-state index in [2.05, 4.69) is 20.9 Å². The van der Waals surface area contributed by atoms with Crippen LogP contribution in [0.5, 0.6) is 0 Å². The molecule has 0 saturated heterocycles. The predicted octanol–water partition coefficient (Wildman–Crippen LogP) is 1.72. The molecule has 1 aromatic rings. The number of nitrogens with one attached hydrogen (secondary N) is 1. The number of hydrogen-bond donors (Lipinski definition) is 2. The number of nitrogens with two attached hydrogens (primary N) is 1. The summed E-state index contributed by atoms with van der Waals surface area (Å²) in [6.45, 7) is 1.82. The molecule has 1 heterocycles. The second-order valence-corrected chi connectivity index (χ2v) is 4.05. The van der Waals surface area contributed by atoms with Crippen molar-refractivity contribution in [2.24, 2.45) is 11.7 Å². The van der Waals surface area contributed by atoms with E-state index < -0.39 is 11.8 Å². The Kier molecular flexibility index (Phi) is 3.96. The van der Waals surface area contributed by atoms with E-state index in [1.165, 1.54) is 0 Å². The van der Waals surface area contributed by atoms with Crippen molar-refractivity contribution in [3.05, 3.63) is 28.5 Å². The van der Waals surface area contributed by atoms with Gasteiger partial charge in [-0.1, -0.05) is 6.92 Å². The molecular formula is C10H12BrN3O. The van der Waals surface area contributed by atoms with Gasteiger partial charge in [-0.25, -0.2) is 0 Å². The summed E-state index contributed by atoms with van der Waals surface area (Å²) in [7, 11) is 0. The number of primary amides is 1. The fourth-order valence-electron chi connectivity index (χ4n) is 1.26. The Labute approximate surface area is 96.5 Å². The van der Waals surface area contributed by atoms with Crippen LogP contribution < -0.4 is 5.73 Å². The molecule has 0 spiro atoms. The van der Waals surface area contributed by atoms with Crippen LogP contribution in [0.4, 0.5) is 0 Å². The minimum atomic E-state index is -0.557. The predicted molar refractivity (Wildman–Crippen MR) is 61.7 cm³/mol. The highest BCUT2D eigenvalue weighted by Crippen LogP contribution is 2.13. The number of carbonyl (C=O) groups excluding carboxylic acids is 1. The molecule has 1 aromatic heterocycles. The molecule has 3 N–H and O–H groups in total. The average molecular weight is 270 g/mol. The molecule has 80 valence electrons. The van der Waals surface area contributed by atoms with Gasteiger partial charge in [0.15, 0.2) is 0 Å². The van der Waals surface area contributed by atoms with Crippen molar-refractivity contribution in [3.8, 4) is 0 Å². The standard InChI is InChI=1S/C10H12BrN3O/c1-2-7(10(13)15)9(12)8-4-3-6(11)5-14-8/h3-5,7,12H,2H2,1H3,(H2,13,15). The Balaban J connectivity index is 2.93. The normalized spacial score (nSPS) is 12.1. The van der Waals surface area contributed by atoms with Crippen LogP contribution in [0.3, 0.4) is 0 Å². The van der Waals surface area contributed by atoms with Crippen molar-refractivity contribution >= 4 is 27.5 Å². The van der Waals surface area contributed by atoms with Crippen LogP contribution in [0.2, 0.25) is 0 Å². The van der Waals surface area contributed by atoms with Gasteiger partial charge < -0.3 is 11.1 Å². The van der Waals surface area contributed by atoms with Crippen LogP contribution in [-0.2, 0) is 4.79 Å². The molecule has 4 nitrogen and oxygen atoms in total. The number of nitrogens with zero attached hydrogens (tertiary/aromatic N) is 1. The summed E-state index contributed by atoms with van der Waals surface area (Å²) in [5.74, 6) is -1.04. The third kappa shape index (κ3) is 2.86. The topological polar surface area (TPSA) is 79.8 Å². The Hall–Kier alpha value is -1.23. The minimum absolute atomic E-state index is 0.178. The zero-order valence-corrected chi connectivity index (χ0v) is 9.91. The van der Waals surface area contributed by atoms with Crippen molar-refractivity contribution in [2.45, 2.75) is 13.3 Å². The van der Waals surface area contributed by atoms with E-state index >= 15 is 0 Å². The molecule has 0 bridgehead atoms. The highest BCUT2D eigenvalue weighted by Gasteiger charge is 2.20. The van der Waals surface area contributed by atoms with Gasteiger partial charge in [0.05, 0.1) is 17.3 Å². The lowest BCUT2D eigenvalue weighted by atomic mass is 9.97. The first kappa shape index (κ1) is 11.8. The van der Waals surface area contributed by atoms with Gasteiger partial charge in [0.1, 0.15) is 0 Å². The van der Waals surface area contributed by atoms with Crippen molar-refractivity contribution < 1.29 is 4.79 Å². The Morgan fingerprint density at radius 3 is 2.73 bits per heavy atom. The van der Waals surface area contributed by atoms with E-state index in [9.17, 15) is 4.79 Å². The average Bonchev–Trinajstić information content (AvgIpc) is 2.19. The lowest BCUT2D eigenvalue weighted by Crippen LogP contribution is -2.30. The maximum absolute atomic E-state index is 11.1. The van der Waals surface area contributed by atoms with Gasteiger partial charge in [0, 0.05) is 10.7 Å². The number of carbonyl (C=O) groups is 1. The Morgan fingerprint density at radius 1 is 1.67 bits per heavy atom. The molecule has 0 radical (unpaired) electrons. The van der Waals surface area contributed by atoms with Gasteiger partial charge in [-0.3, -0.25) is 9.78 Å². The van der Waals surface area contributed by atoms with Crippen LogP contribution in [0.15, 0.2) is 22.8 Å². The molecule has 1 rings (SSSR count). The number of amides is 1. The monoisotopic (exact) mass is 269 g/mol. The third-order valence-corrected chi connectivity index (χ3v) is 2.57. The molecule has 0 fully saturated rings. The van der Waals surface area contributed by atoms with E-state index in [0.29, 0.717) is 12.1 Å². The fourth-order valence-corrected chi connectivity index (χ4v) is 1.50. The zero-order chi connectivity index (χ0) is 11.4. The summed E-state index contributed by atoms with van der Waals surface area (Å²) in [6, 6.07) is 3.47. The molecule has 1 unspecified atom stereocenters. The smallest absolute Gasteiger partial charge is 0.226 e. The largest absolute Gasteiger partial charge is 0.369 e. The Morgan fingerprint density at radius 2 is 2.33 bits per heavy atom. The SMILES string of the molecule is CCC(C(=N)c1ccc(Br)cn1)C(N)=O. The van der Waals surface area contributed by atoms with Crippen LogP contribution in [0.1, 0.15) is 19.0 Å². The quantitative estimate of drug-likeness (QED) is 0.817. The summed E-state index contributed by atoms with van der Waals surface area (Å²) >= 11 is 3.25. The fraction of sp³-hybridized carbons (Fsp3) is 0.300. The molecule has 1 amide bonds. The van der Waals surface area contributed by atoms with Crippen LogP contribution >= 0.6 is 15.9 Å². The summed E-state index contributed by atoms with van der Waals surface area (Å²) in [4.78, 5) is 15.1. The lowest BCUT2D eigenvalue weighted by Gasteiger charge is -2.11. The summed E-state index contributed by atoms with van der Waals surface area (Å²) in [5, 5.41) is 7.81. The van der Waals surface area contributed by atoms with Crippen LogP contribution in [0.25, 0.3) is 0 Å². The zero-order valence-electron chi connectivity index (χ0n) is 8.33. The maximum Gasteiger partial charge on any atom is 0.226 e. The summed E-state index contributed by atoms with van der Waals surface area (Å²) < 4.78 is 0.839. The number of hydrogen-bond acceptors (Lipinski definition) is 3. The molecule has 15 heavy (non-hydrogen) atoms. The van der Waals surface area contributed by atoms with Gasteiger partial charge in [-0.15, -0.1) is 0 Å². The van der Waals surface area contributed by atoms with Gasteiger partial charge in [0.2, 0.25) is 5.91 Å². The van der Waals surface area contributed by atoms with E-state index in [1.54, 1.807) is 18.3 Å². The van der Waals surface area contributed by atoms with E-state index in [-0.39, 0.29) is 5.71 Å². The first-order valence-electron chi connectivity index (χ1n) is 4.56. The molecule has 0 aromatic carbocycles. The molecule has 5 heteroatoms. The number of aromatic nitrogens is 1. The molecule has 0 aliphatic carbocycles. The lowest BCUT2D eigenvalue weighted by molar-refractivity contribution is -0.119. The second-order valence-electron chi connectivity index (χ2n) is 3.14. The van der Waals surface area contributed by atoms with E-state index in [0.717, 1.165) is 4.47 Å². The molecule has 0 saturated carbocycles. The second kappa shape index (κ2) is 5.02.